The monoisotopic (exact) mass is 597 g/mol. The van der Waals surface area contributed by atoms with Crippen molar-refractivity contribution in [3.63, 3.8) is 0 Å². The Morgan fingerprint density at radius 2 is 1.66 bits per heavy atom. The number of benzene rings is 3. The van der Waals surface area contributed by atoms with E-state index in [2.05, 4.69) is 5.32 Å². The van der Waals surface area contributed by atoms with Crippen LogP contribution >= 0.6 is 11.6 Å². The average Bonchev–Trinajstić information content (AvgIpc) is 2.93. The number of nitrogens with one attached hydrogen (secondary N) is 1. The predicted molar refractivity (Wildman–Crippen MR) is 166 cm³/mol. The summed E-state index contributed by atoms with van der Waals surface area (Å²) in [7, 11) is -3.61. The first-order valence-electron chi connectivity index (χ1n) is 13.9. The molecule has 9 heteroatoms. The van der Waals surface area contributed by atoms with E-state index in [9.17, 15) is 18.0 Å². The zero-order valence-electron chi connectivity index (χ0n) is 24.2. The molecule has 0 aromatic heterocycles. The third kappa shape index (κ3) is 9.61. The summed E-state index contributed by atoms with van der Waals surface area (Å²) in [5, 5.41) is 3.50. The van der Waals surface area contributed by atoms with Crippen molar-refractivity contribution in [2.45, 2.75) is 65.1 Å². The van der Waals surface area contributed by atoms with Crippen LogP contribution in [0.25, 0.3) is 0 Å². The molecule has 3 aromatic carbocycles. The third-order valence-electron chi connectivity index (χ3n) is 7.12. The van der Waals surface area contributed by atoms with Crippen molar-refractivity contribution >= 4 is 39.1 Å². The number of carbonyl (C=O) groups excluding carboxylic acids is 2. The number of hydrogen-bond acceptors (Lipinski definition) is 4. The molecule has 0 radical (unpaired) electrons. The van der Waals surface area contributed by atoms with Crippen molar-refractivity contribution in [2.75, 3.05) is 17.1 Å². The fourth-order valence-electron chi connectivity index (χ4n) is 4.60. The van der Waals surface area contributed by atoms with Crippen LogP contribution in [0.4, 0.5) is 5.69 Å². The molecule has 7 nitrogen and oxygen atoms in total. The van der Waals surface area contributed by atoms with Gasteiger partial charge in [0.1, 0.15) is 6.04 Å². The topological polar surface area (TPSA) is 86.8 Å². The van der Waals surface area contributed by atoms with E-state index in [0.717, 1.165) is 29.4 Å². The van der Waals surface area contributed by atoms with E-state index in [0.29, 0.717) is 17.1 Å². The number of rotatable bonds is 14. The number of carbonyl (C=O) groups is 2. The van der Waals surface area contributed by atoms with E-state index in [1.165, 1.54) is 4.31 Å². The Hall–Kier alpha value is -3.36. The van der Waals surface area contributed by atoms with Gasteiger partial charge in [-0.25, -0.2) is 8.42 Å². The van der Waals surface area contributed by atoms with Gasteiger partial charge in [0.25, 0.3) is 0 Å². The Balaban J connectivity index is 1.90. The molecule has 0 aliphatic carbocycles. The van der Waals surface area contributed by atoms with Crippen LogP contribution < -0.4 is 9.62 Å². The highest BCUT2D eigenvalue weighted by Crippen LogP contribution is 2.23. The zero-order valence-corrected chi connectivity index (χ0v) is 25.8. The SMILES string of the molecule is CCC(C)NC(=O)C(Cc1ccccc1)N(Cc1ccccc1C)C(=O)CCCN(c1cccc(Cl)c1)S(C)(=O)=O. The lowest BCUT2D eigenvalue weighted by molar-refractivity contribution is -0.141. The zero-order chi connectivity index (χ0) is 30.0. The van der Waals surface area contributed by atoms with E-state index in [1.807, 2.05) is 75.4 Å². The van der Waals surface area contributed by atoms with Gasteiger partial charge in [-0.3, -0.25) is 13.9 Å². The molecule has 0 bridgehead atoms. The van der Waals surface area contributed by atoms with E-state index in [1.54, 1.807) is 29.2 Å². The number of anilines is 1. The molecule has 0 saturated carbocycles. The molecule has 41 heavy (non-hydrogen) atoms. The largest absolute Gasteiger partial charge is 0.352 e. The molecule has 0 fully saturated rings. The minimum atomic E-state index is -3.61. The van der Waals surface area contributed by atoms with Crippen LogP contribution in [0.2, 0.25) is 5.02 Å². The van der Waals surface area contributed by atoms with Crippen LogP contribution in [0.5, 0.6) is 0 Å². The van der Waals surface area contributed by atoms with Crippen molar-refractivity contribution in [1.29, 1.82) is 0 Å². The number of nitrogens with zero attached hydrogens (tertiary/aromatic N) is 2. The second-order valence-corrected chi connectivity index (χ2v) is 12.7. The minimum Gasteiger partial charge on any atom is -0.352 e. The average molecular weight is 598 g/mol. The summed E-state index contributed by atoms with van der Waals surface area (Å²) < 4.78 is 26.5. The van der Waals surface area contributed by atoms with Crippen molar-refractivity contribution in [2.24, 2.45) is 0 Å². The summed E-state index contributed by atoms with van der Waals surface area (Å²) in [6.45, 7) is 6.30. The van der Waals surface area contributed by atoms with Gasteiger partial charge in [-0.05, 0) is 61.6 Å². The lowest BCUT2D eigenvalue weighted by Crippen LogP contribution is -2.52. The first-order valence-corrected chi connectivity index (χ1v) is 16.1. The lowest BCUT2D eigenvalue weighted by atomic mass is 10.0. The third-order valence-corrected chi connectivity index (χ3v) is 8.55. The quantitative estimate of drug-likeness (QED) is 0.256. The summed E-state index contributed by atoms with van der Waals surface area (Å²) in [5.41, 5.74) is 3.37. The first-order chi connectivity index (χ1) is 19.5. The van der Waals surface area contributed by atoms with Gasteiger partial charge in [0.2, 0.25) is 21.8 Å². The van der Waals surface area contributed by atoms with Crippen molar-refractivity contribution in [3.8, 4) is 0 Å². The minimum absolute atomic E-state index is 0.0443. The van der Waals surface area contributed by atoms with Gasteiger partial charge < -0.3 is 10.2 Å². The number of aryl methyl sites for hydroxylation is 1. The molecule has 3 rings (SSSR count). The number of sulfonamides is 1. The predicted octanol–water partition coefficient (Wildman–Crippen LogP) is 5.75. The van der Waals surface area contributed by atoms with E-state index in [4.69, 9.17) is 11.6 Å². The summed E-state index contributed by atoms with van der Waals surface area (Å²) in [4.78, 5) is 29.2. The molecule has 0 saturated heterocycles. The maximum absolute atomic E-state index is 13.9. The van der Waals surface area contributed by atoms with Crippen LogP contribution in [-0.2, 0) is 32.6 Å². The summed E-state index contributed by atoms with van der Waals surface area (Å²) in [5.74, 6) is -0.421. The summed E-state index contributed by atoms with van der Waals surface area (Å²) >= 11 is 6.11. The lowest BCUT2D eigenvalue weighted by Gasteiger charge is -2.33. The highest BCUT2D eigenvalue weighted by atomic mass is 35.5. The Morgan fingerprint density at radius 1 is 0.976 bits per heavy atom. The van der Waals surface area contributed by atoms with Gasteiger partial charge >= 0.3 is 0 Å². The Morgan fingerprint density at radius 3 is 2.29 bits per heavy atom. The Bertz CT molecular complexity index is 1420. The summed E-state index contributed by atoms with van der Waals surface area (Å²) in [6.07, 6.45) is 2.60. The molecular weight excluding hydrogens is 558 g/mol. The normalized spacial score (nSPS) is 12.8. The Kier molecular flexibility index (Phi) is 11.8. The molecule has 2 amide bonds. The smallest absolute Gasteiger partial charge is 0.243 e. The maximum atomic E-state index is 13.9. The van der Waals surface area contributed by atoms with E-state index in [-0.39, 0.29) is 43.8 Å². The van der Waals surface area contributed by atoms with Gasteiger partial charge in [-0.2, -0.15) is 0 Å². The van der Waals surface area contributed by atoms with Gasteiger partial charge in [0.15, 0.2) is 0 Å². The highest BCUT2D eigenvalue weighted by Gasteiger charge is 2.31. The number of hydrogen-bond donors (Lipinski definition) is 1. The number of halogens is 1. The molecule has 0 aliphatic heterocycles. The Labute approximate surface area is 249 Å². The van der Waals surface area contributed by atoms with Gasteiger partial charge in [-0.15, -0.1) is 0 Å². The molecule has 3 aromatic rings. The molecule has 0 heterocycles. The molecule has 2 unspecified atom stereocenters. The highest BCUT2D eigenvalue weighted by molar-refractivity contribution is 7.92. The van der Waals surface area contributed by atoms with Gasteiger partial charge in [-0.1, -0.05) is 79.2 Å². The molecule has 220 valence electrons. The molecule has 0 aliphatic rings. The fourth-order valence-corrected chi connectivity index (χ4v) is 5.74. The fraction of sp³-hybridized carbons (Fsp3) is 0.375. The van der Waals surface area contributed by atoms with Crippen LogP contribution in [-0.4, -0.2) is 50.0 Å². The van der Waals surface area contributed by atoms with Gasteiger partial charge in [0, 0.05) is 37.0 Å². The van der Waals surface area contributed by atoms with Crippen LogP contribution in [0.1, 0.15) is 49.8 Å². The van der Waals surface area contributed by atoms with Crippen LogP contribution in [0.3, 0.4) is 0 Å². The second-order valence-electron chi connectivity index (χ2n) is 10.4. The summed E-state index contributed by atoms with van der Waals surface area (Å²) in [6, 6.07) is 23.3. The molecule has 0 spiro atoms. The molecule has 1 N–H and O–H groups in total. The van der Waals surface area contributed by atoms with E-state index < -0.39 is 16.1 Å². The molecular formula is C32H40ClN3O4S. The van der Waals surface area contributed by atoms with Crippen molar-refractivity contribution in [3.05, 3.63) is 101 Å². The number of amides is 2. The van der Waals surface area contributed by atoms with Crippen molar-refractivity contribution < 1.29 is 18.0 Å². The van der Waals surface area contributed by atoms with Crippen molar-refractivity contribution in [1.82, 2.24) is 10.2 Å². The molecule has 2 atom stereocenters. The standard InChI is InChI=1S/C32H40ClN3O4S/c1-5-25(3)34-32(38)30(21-26-14-7-6-8-15-26)35(23-27-16-10-9-13-24(27)2)31(37)19-12-20-36(41(4,39)40)29-18-11-17-28(33)22-29/h6-11,13-18,22,25,30H,5,12,19-21,23H2,1-4H3,(H,34,38). The first kappa shape index (κ1) is 32.2. The maximum Gasteiger partial charge on any atom is 0.243 e. The van der Waals surface area contributed by atoms with E-state index >= 15 is 0 Å². The van der Waals surface area contributed by atoms with Gasteiger partial charge in [0.05, 0.1) is 11.9 Å². The van der Waals surface area contributed by atoms with Crippen LogP contribution in [0.15, 0.2) is 78.9 Å². The van der Waals surface area contributed by atoms with Crippen LogP contribution in [0, 0.1) is 6.92 Å². The second kappa shape index (κ2) is 15.0.